The van der Waals surface area contributed by atoms with E-state index in [1.54, 1.807) is 0 Å². The van der Waals surface area contributed by atoms with Crippen molar-refractivity contribution < 1.29 is 9.47 Å². The lowest BCUT2D eigenvalue weighted by molar-refractivity contribution is 0.340. The van der Waals surface area contributed by atoms with E-state index in [1.165, 1.54) is 0 Å². The number of benzene rings is 3. The molecule has 0 aromatic heterocycles. The Kier molecular flexibility index (Phi) is 5.71. The number of rotatable bonds is 6. The molecule has 0 N–H and O–H groups in total. The molecular weight excluding hydrogens is 360 g/mol. The summed E-state index contributed by atoms with van der Waals surface area (Å²) in [6.07, 6.45) is 0.708. The minimum Gasteiger partial charge on any atom is -0.494 e. The number of hydrogen-bond donors (Lipinski definition) is 0. The van der Waals surface area contributed by atoms with Crippen molar-refractivity contribution in [2.24, 2.45) is 9.98 Å². The Bertz CT molecular complexity index is 951. The highest BCUT2D eigenvalue weighted by Gasteiger charge is 2.23. The Hall–Kier alpha value is -3.40. The van der Waals surface area contributed by atoms with Crippen molar-refractivity contribution in [3.05, 3.63) is 83.9 Å². The molecule has 0 saturated heterocycles. The van der Waals surface area contributed by atoms with Crippen molar-refractivity contribution in [1.82, 2.24) is 0 Å². The quantitative estimate of drug-likeness (QED) is 0.513. The summed E-state index contributed by atoms with van der Waals surface area (Å²) in [4.78, 5) is 9.78. The van der Waals surface area contributed by atoms with Crippen LogP contribution in [-0.2, 0) is 0 Å². The van der Waals surface area contributed by atoms with Crippen molar-refractivity contribution in [3.63, 3.8) is 0 Å². The third-order valence-corrected chi connectivity index (χ3v) is 4.71. The topological polar surface area (TPSA) is 43.2 Å². The third-order valence-electron chi connectivity index (χ3n) is 4.71. The van der Waals surface area contributed by atoms with E-state index in [0.29, 0.717) is 19.6 Å². The highest BCUT2D eigenvalue weighted by Crippen LogP contribution is 2.29. The second-order valence-electron chi connectivity index (χ2n) is 6.69. The van der Waals surface area contributed by atoms with E-state index in [-0.39, 0.29) is 0 Å². The first-order valence-corrected chi connectivity index (χ1v) is 9.97. The first kappa shape index (κ1) is 18.9. The maximum absolute atomic E-state index is 5.52. The van der Waals surface area contributed by atoms with Crippen LogP contribution < -0.4 is 9.47 Å². The zero-order valence-corrected chi connectivity index (χ0v) is 16.8. The van der Waals surface area contributed by atoms with Gasteiger partial charge in [-0.05, 0) is 62.4 Å². The van der Waals surface area contributed by atoms with Gasteiger partial charge in [-0.3, -0.25) is 9.98 Å². The van der Waals surface area contributed by atoms with Gasteiger partial charge in [-0.1, -0.05) is 24.3 Å². The van der Waals surface area contributed by atoms with E-state index in [2.05, 4.69) is 12.1 Å². The first-order chi connectivity index (χ1) is 14.3. The van der Waals surface area contributed by atoms with Crippen molar-refractivity contribution >= 4 is 22.8 Å². The summed E-state index contributed by atoms with van der Waals surface area (Å²) in [5, 5.41) is 0. The van der Waals surface area contributed by atoms with Gasteiger partial charge < -0.3 is 9.47 Å². The van der Waals surface area contributed by atoms with Crippen molar-refractivity contribution in [3.8, 4) is 11.5 Å². The maximum atomic E-state index is 5.52. The average Bonchev–Trinajstić information content (AvgIpc) is 3.09. The van der Waals surface area contributed by atoms with Gasteiger partial charge >= 0.3 is 0 Å². The summed E-state index contributed by atoms with van der Waals surface area (Å²) in [7, 11) is 0. The molecule has 1 aliphatic carbocycles. The van der Waals surface area contributed by atoms with Crippen LogP contribution >= 0.6 is 0 Å². The van der Waals surface area contributed by atoms with Gasteiger partial charge in [0.1, 0.15) is 11.5 Å². The number of hydrogen-bond acceptors (Lipinski definition) is 4. The predicted octanol–water partition coefficient (Wildman–Crippen LogP) is 6.13. The molecule has 1 aliphatic rings. The molecule has 0 aliphatic heterocycles. The molecule has 0 unspecified atom stereocenters. The van der Waals surface area contributed by atoms with Gasteiger partial charge in [-0.15, -0.1) is 0 Å². The summed E-state index contributed by atoms with van der Waals surface area (Å²) < 4.78 is 11.0. The molecule has 0 atom stereocenters. The zero-order valence-electron chi connectivity index (χ0n) is 16.8. The van der Waals surface area contributed by atoms with Crippen molar-refractivity contribution in [1.29, 1.82) is 0 Å². The van der Waals surface area contributed by atoms with E-state index in [4.69, 9.17) is 19.5 Å². The fraction of sp³-hybridized carbons (Fsp3) is 0.200. The Morgan fingerprint density at radius 1 is 0.621 bits per heavy atom. The Balaban J connectivity index is 1.63. The van der Waals surface area contributed by atoms with Gasteiger partial charge in [-0.2, -0.15) is 0 Å². The van der Waals surface area contributed by atoms with Crippen LogP contribution in [0.4, 0.5) is 11.4 Å². The number of nitrogens with zero attached hydrogens (tertiary/aromatic N) is 2. The van der Waals surface area contributed by atoms with Crippen LogP contribution in [0.25, 0.3) is 0 Å². The highest BCUT2D eigenvalue weighted by atomic mass is 16.5. The Labute approximate surface area is 171 Å². The monoisotopic (exact) mass is 384 g/mol. The molecule has 0 spiro atoms. The Morgan fingerprint density at radius 3 is 1.41 bits per heavy atom. The number of ether oxygens (including phenoxy) is 2. The minimum atomic E-state index is 0.659. The molecule has 0 fully saturated rings. The molecule has 0 radical (unpaired) electrons. The first-order valence-electron chi connectivity index (χ1n) is 9.97. The minimum absolute atomic E-state index is 0.659. The Morgan fingerprint density at radius 2 is 1.03 bits per heavy atom. The van der Waals surface area contributed by atoms with E-state index >= 15 is 0 Å². The molecule has 4 heteroatoms. The maximum Gasteiger partial charge on any atom is 0.119 e. The van der Waals surface area contributed by atoms with Crippen molar-refractivity contribution in [2.75, 3.05) is 13.2 Å². The summed E-state index contributed by atoms with van der Waals surface area (Å²) in [6.45, 7) is 5.28. The summed E-state index contributed by atoms with van der Waals surface area (Å²) in [6, 6.07) is 24.1. The highest BCUT2D eigenvalue weighted by molar-refractivity contribution is 6.28. The lowest BCUT2D eigenvalue weighted by Gasteiger charge is -2.03. The summed E-state index contributed by atoms with van der Waals surface area (Å²) in [5.41, 5.74) is 6.20. The fourth-order valence-corrected chi connectivity index (χ4v) is 3.41. The normalized spacial score (nSPS) is 15.5. The summed E-state index contributed by atoms with van der Waals surface area (Å²) >= 11 is 0. The molecule has 0 amide bonds. The molecule has 0 bridgehead atoms. The molecule has 29 heavy (non-hydrogen) atoms. The molecule has 3 aromatic carbocycles. The second kappa shape index (κ2) is 8.74. The van der Waals surface area contributed by atoms with Crippen LogP contribution in [0.1, 0.15) is 31.4 Å². The van der Waals surface area contributed by atoms with E-state index < -0.39 is 0 Å². The van der Waals surface area contributed by atoms with Crippen LogP contribution in [0.15, 0.2) is 82.8 Å². The molecule has 146 valence electrons. The lowest BCUT2D eigenvalue weighted by atomic mass is 10.1. The molecule has 4 nitrogen and oxygen atoms in total. The second-order valence-corrected chi connectivity index (χ2v) is 6.69. The van der Waals surface area contributed by atoms with E-state index in [9.17, 15) is 0 Å². The number of aliphatic imine (C=N–C) groups is 2. The van der Waals surface area contributed by atoms with Crippen LogP contribution in [-0.4, -0.2) is 24.6 Å². The van der Waals surface area contributed by atoms with Crippen LogP contribution in [0.3, 0.4) is 0 Å². The molecule has 3 aromatic rings. The molecule has 0 saturated carbocycles. The molecular formula is C25H24N2O2. The predicted molar refractivity (Wildman–Crippen MR) is 119 cm³/mol. The summed E-state index contributed by atoms with van der Waals surface area (Å²) in [5.74, 6) is 1.72. The SMILES string of the molecule is CCOc1ccc(N=C2CC(=Nc3ccc(OCC)cc3)c3ccccc32)cc1. The van der Waals surface area contributed by atoms with Gasteiger partial charge in [-0.25, -0.2) is 0 Å². The number of fused-ring (bicyclic) bond motifs is 1. The van der Waals surface area contributed by atoms with E-state index in [1.807, 2.05) is 74.5 Å². The largest absolute Gasteiger partial charge is 0.494 e. The van der Waals surface area contributed by atoms with Gasteiger partial charge in [0.2, 0.25) is 0 Å². The van der Waals surface area contributed by atoms with Gasteiger partial charge in [0, 0.05) is 17.5 Å². The van der Waals surface area contributed by atoms with Crippen LogP contribution in [0.5, 0.6) is 11.5 Å². The zero-order chi connectivity index (χ0) is 20.1. The molecule has 4 rings (SSSR count). The van der Waals surface area contributed by atoms with Crippen LogP contribution in [0, 0.1) is 0 Å². The average molecular weight is 384 g/mol. The van der Waals surface area contributed by atoms with E-state index in [0.717, 1.165) is 45.4 Å². The molecule has 0 heterocycles. The third kappa shape index (κ3) is 4.37. The van der Waals surface area contributed by atoms with Gasteiger partial charge in [0.15, 0.2) is 0 Å². The fourth-order valence-electron chi connectivity index (χ4n) is 3.41. The standard InChI is InChI=1S/C25H24N2O2/c1-3-28-20-13-9-18(10-14-20)26-24-17-25(23-8-6-5-7-22(23)24)27-19-11-15-21(16-12-19)29-4-2/h5-16H,3-4,17H2,1-2H3. The van der Waals surface area contributed by atoms with Gasteiger partial charge in [0.05, 0.1) is 36.0 Å². The van der Waals surface area contributed by atoms with Gasteiger partial charge in [0.25, 0.3) is 0 Å². The lowest BCUT2D eigenvalue weighted by Crippen LogP contribution is -1.96. The smallest absolute Gasteiger partial charge is 0.119 e. The van der Waals surface area contributed by atoms with Crippen LogP contribution in [0.2, 0.25) is 0 Å². The van der Waals surface area contributed by atoms with Crippen molar-refractivity contribution in [2.45, 2.75) is 20.3 Å².